The summed E-state index contributed by atoms with van der Waals surface area (Å²) >= 11 is 1.46. The molecule has 0 aromatic carbocycles. The number of sulfonamides is 1. The van der Waals surface area contributed by atoms with Gasteiger partial charge < -0.3 is 0 Å². The summed E-state index contributed by atoms with van der Waals surface area (Å²) in [4.78, 5) is 0.517. The fourth-order valence-corrected chi connectivity index (χ4v) is 4.61. The topological polar surface area (TPSA) is 37.4 Å². The summed E-state index contributed by atoms with van der Waals surface area (Å²) in [5, 5.41) is 3.65. The van der Waals surface area contributed by atoms with Gasteiger partial charge in [0, 0.05) is 18.5 Å². The zero-order valence-electron chi connectivity index (χ0n) is 8.23. The van der Waals surface area contributed by atoms with Crippen molar-refractivity contribution in [1.82, 2.24) is 4.31 Å². The maximum Gasteiger partial charge on any atom is 0.244 e. The van der Waals surface area contributed by atoms with E-state index in [1.165, 1.54) is 11.3 Å². The second-order valence-corrected chi connectivity index (χ2v) is 6.60. The molecule has 0 saturated carbocycles. The van der Waals surface area contributed by atoms with E-state index in [9.17, 15) is 8.42 Å². The number of thiophene rings is 1. The lowest BCUT2D eigenvalue weighted by Gasteiger charge is -2.16. The number of nitrogens with zero attached hydrogens (tertiary/aromatic N) is 1. The Morgan fingerprint density at radius 1 is 1.50 bits per heavy atom. The first-order valence-corrected chi connectivity index (χ1v) is 6.95. The molecule has 1 aliphatic rings. The number of hydrogen-bond donors (Lipinski definition) is 0. The van der Waals surface area contributed by atoms with E-state index in [0.29, 0.717) is 23.9 Å². The van der Waals surface area contributed by atoms with Crippen molar-refractivity contribution >= 4 is 21.4 Å². The first-order chi connectivity index (χ1) is 6.51. The first-order valence-electron chi connectivity index (χ1n) is 4.57. The van der Waals surface area contributed by atoms with Crippen molar-refractivity contribution in [2.45, 2.75) is 25.3 Å². The molecule has 0 bridgehead atoms. The second-order valence-electron chi connectivity index (χ2n) is 3.95. The maximum absolute atomic E-state index is 11.9. The van der Waals surface area contributed by atoms with Crippen molar-refractivity contribution in [1.29, 1.82) is 0 Å². The standard InChI is InChI=1S/C9H13NO2S2/c1-7(2)3-10-4-8-5-13-6-9(8)14(10,11)12/h5-7H,3-4H2,1-2H3. The van der Waals surface area contributed by atoms with Crippen molar-refractivity contribution in [3.63, 3.8) is 0 Å². The van der Waals surface area contributed by atoms with E-state index in [-0.39, 0.29) is 0 Å². The predicted molar refractivity (Wildman–Crippen MR) is 56.8 cm³/mol. The highest BCUT2D eigenvalue weighted by Crippen LogP contribution is 2.33. The molecule has 0 radical (unpaired) electrons. The van der Waals surface area contributed by atoms with Gasteiger partial charge in [0.1, 0.15) is 0 Å². The second kappa shape index (κ2) is 3.32. The minimum atomic E-state index is -3.15. The highest BCUT2D eigenvalue weighted by atomic mass is 32.2. The van der Waals surface area contributed by atoms with Crippen molar-refractivity contribution in [3.05, 3.63) is 16.3 Å². The molecule has 14 heavy (non-hydrogen) atoms. The van der Waals surface area contributed by atoms with Gasteiger partial charge in [0.05, 0.1) is 4.90 Å². The average Bonchev–Trinajstić information content (AvgIpc) is 2.57. The largest absolute Gasteiger partial charge is 0.244 e. The Morgan fingerprint density at radius 3 is 2.79 bits per heavy atom. The van der Waals surface area contributed by atoms with E-state index in [4.69, 9.17) is 0 Å². The van der Waals surface area contributed by atoms with Gasteiger partial charge in [-0.2, -0.15) is 15.6 Å². The van der Waals surface area contributed by atoms with Crippen LogP contribution in [-0.2, 0) is 16.6 Å². The molecule has 0 saturated heterocycles. The van der Waals surface area contributed by atoms with Crippen LogP contribution in [0.15, 0.2) is 15.7 Å². The molecule has 0 spiro atoms. The Balaban J connectivity index is 2.33. The monoisotopic (exact) mass is 231 g/mol. The average molecular weight is 231 g/mol. The molecule has 3 nitrogen and oxygen atoms in total. The van der Waals surface area contributed by atoms with Crippen LogP contribution < -0.4 is 0 Å². The summed E-state index contributed by atoms with van der Waals surface area (Å²) in [6, 6.07) is 0. The van der Waals surface area contributed by atoms with Crippen LogP contribution in [0, 0.1) is 5.92 Å². The van der Waals surface area contributed by atoms with Gasteiger partial charge >= 0.3 is 0 Å². The molecule has 0 N–H and O–H groups in total. The Kier molecular flexibility index (Phi) is 2.41. The molecule has 5 heteroatoms. The Hall–Kier alpha value is -0.390. The molecular formula is C9H13NO2S2. The third kappa shape index (κ3) is 1.49. The molecule has 1 aromatic heterocycles. The zero-order valence-corrected chi connectivity index (χ0v) is 9.86. The fraction of sp³-hybridized carbons (Fsp3) is 0.556. The summed E-state index contributed by atoms with van der Waals surface area (Å²) in [6.45, 7) is 5.23. The molecule has 2 rings (SSSR count). The van der Waals surface area contributed by atoms with E-state index in [1.54, 1.807) is 9.69 Å². The van der Waals surface area contributed by atoms with Gasteiger partial charge in [0.15, 0.2) is 0 Å². The van der Waals surface area contributed by atoms with Crippen molar-refractivity contribution < 1.29 is 8.42 Å². The molecule has 0 unspecified atom stereocenters. The van der Waals surface area contributed by atoms with Gasteiger partial charge in [-0.25, -0.2) is 8.42 Å². The van der Waals surface area contributed by atoms with Crippen LogP contribution in [0.25, 0.3) is 0 Å². The SMILES string of the molecule is CC(C)CN1Cc2cscc2S1(=O)=O. The van der Waals surface area contributed by atoms with Gasteiger partial charge in [-0.05, 0) is 16.9 Å². The molecule has 1 aliphatic heterocycles. The van der Waals surface area contributed by atoms with Crippen LogP contribution in [0.4, 0.5) is 0 Å². The molecule has 0 amide bonds. The third-order valence-electron chi connectivity index (χ3n) is 2.24. The lowest BCUT2D eigenvalue weighted by molar-refractivity contribution is 0.376. The van der Waals surface area contributed by atoms with E-state index in [2.05, 4.69) is 0 Å². The predicted octanol–water partition coefficient (Wildman–Crippen LogP) is 1.91. The maximum atomic E-state index is 11.9. The lowest BCUT2D eigenvalue weighted by Crippen LogP contribution is -2.28. The van der Waals surface area contributed by atoms with Crippen LogP contribution in [0.3, 0.4) is 0 Å². The Morgan fingerprint density at radius 2 is 2.21 bits per heavy atom. The molecule has 0 atom stereocenters. The van der Waals surface area contributed by atoms with E-state index >= 15 is 0 Å². The molecule has 2 heterocycles. The Labute approximate surface area is 88.4 Å². The minimum Gasteiger partial charge on any atom is -0.207 e. The first kappa shape index (κ1) is 10.1. The van der Waals surface area contributed by atoms with Crippen LogP contribution in [-0.4, -0.2) is 19.3 Å². The minimum absolute atomic E-state index is 0.373. The number of fused-ring (bicyclic) bond motifs is 1. The number of rotatable bonds is 2. The summed E-state index contributed by atoms with van der Waals surface area (Å²) in [7, 11) is -3.15. The van der Waals surface area contributed by atoms with Crippen LogP contribution in [0.1, 0.15) is 19.4 Å². The van der Waals surface area contributed by atoms with Crippen LogP contribution >= 0.6 is 11.3 Å². The Bertz CT molecular complexity index is 433. The van der Waals surface area contributed by atoms with E-state index < -0.39 is 10.0 Å². The summed E-state index contributed by atoms with van der Waals surface area (Å²) in [5.74, 6) is 0.373. The lowest BCUT2D eigenvalue weighted by atomic mass is 10.2. The quantitative estimate of drug-likeness (QED) is 0.779. The molecule has 78 valence electrons. The van der Waals surface area contributed by atoms with Gasteiger partial charge in [-0.1, -0.05) is 13.8 Å². The zero-order chi connectivity index (χ0) is 10.3. The summed E-state index contributed by atoms with van der Waals surface area (Å²) in [6.07, 6.45) is 0. The van der Waals surface area contributed by atoms with E-state index in [1.807, 2.05) is 19.2 Å². The van der Waals surface area contributed by atoms with E-state index in [0.717, 1.165) is 5.56 Å². The van der Waals surface area contributed by atoms with Gasteiger partial charge in [-0.15, -0.1) is 0 Å². The van der Waals surface area contributed by atoms with Gasteiger partial charge in [0.25, 0.3) is 0 Å². The van der Waals surface area contributed by atoms with Crippen molar-refractivity contribution in [2.75, 3.05) is 6.54 Å². The van der Waals surface area contributed by atoms with Crippen molar-refractivity contribution in [3.8, 4) is 0 Å². The van der Waals surface area contributed by atoms with Crippen LogP contribution in [0.2, 0.25) is 0 Å². The van der Waals surface area contributed by atoms with Gasteiger partial charge in [0.2, 0.25) is 10.0 Å². The molecular weight excluding hydrogens is 218 g/mol. The molecule has 0 aliphatic carbocycles. The van der Waals surface area contributed by atoms with Gasteiger partial charge in [-0.3, -0.25) is 0 Å². The summed E-state index contributed by atoms with van der Waals surface area (Å²) in [5.41, 5.74) is 0.954. The third-order valence-corrected chi connectivity index (χ3v) is 5.07. The molecule has 0 fully saturated rings. The smallest absolute Gasteiger partial charge is 0.207 e. The van der Waals surface area contributed by atoms with Crippen molar-refractivity contribution in [2.24, 2.45) is 5.92 Å². The number of hydrogen-bond acceptors (Lipinski definition) is 3. The fourth-order valence-electron chi connectivity index (χ4n) is 1.64. The molecule has 1 aromatic rings. The highest BCUT2D eigenvalue weighted by Gasteiger charge is 2.35. The summed E-state index contributed by atoms with van der Waals surface area (Å²) < 4.78 is 25.4. The highest BCUT2D eigenvalue weighted by molar-refractivity contribution is 7.89. The van der Waals surface area contributed by atoms with Crippen LogP contribution in [0.5, 0.6) is 0 Å². The normalized spacial score (nSPS) is 20.2.